The van der Waals surface area contributed by atoms with Crippen LogP contribution in [-0.2, 0) is 28.1 Å². The van der Waals surface area contributed by atoms with Crippen molar-refractivity contribution in [3.05, 3.63) is 118 Å². The molecular weight excluding hydrogens is 868 g/mol. The number of anilines is 1. The van der Waals surface area contributed by atoms with Crippen molar-refractivity contribution in [3.8, 4) is 22.4 Å². The van der Waals surface area contributed by atoms with Crippen molar-refractivity contribution in [1.29, 1.82) is 0 Å². The number of aromatic nitrogens is 4. The van der Waals surface area contributed by atoms with E-state index in [4.69, 9.17) is 9.62 Å². The zero-order valence-corrected chi connectivity index (χ0v) is 38.5. The topological polar surface area (TPSA) is 190 Å². The van der Waals surface area contributed by atoms with Gasteiger partial charge in [0.15, 0.2) is 5.82 Å². The first-order valence-corrected chi connectivity index (χ1v) is 23.3. The molecule has 10 rings (SSSR count). The van der Waals surface area contributed by atoms with Gasteiger partial charge in [-0.15, -0.1) is 0 Å². The highest BCUT2D eigenvalue weighted by Gasteiger charge is 2.46. The van der Waals surface area contributed by atoms with E-state index in [2.05, 4.69) is 89.1 Å². The summed E-state index contributed by atoms with van der Waals surface area (Å²) < 4.78 is 21.1. The number of hydrogen-bond acceptors (Lipinski definition) is 12. The smallest absolute Gasteiger partial charge is 0.315 e. The molecule has 3 saturated heterocycles. The van der Waals surface area contributed by atoms with Gasteiger partial charge in [-0.1, -0.05) is 62.3 Å². The van der Waals surface area contributed by atoms with E-state index in [0.717, 1.165) is 101 Å². The molecular formula is C51H53FN10O6. The van der Waals surface area contributed by atoms with Gasteiger partial charge in [0.2, 0.25) is 11.8 Å². The van der Waals surface area contributed by atoms with E-state index in [1.165, 1.54) is 11.8 Å². The molecule has 4 aliphatic rings. The molecule has 4 aromatic carbocycles. The third-order valence-corrected chi connectivity index (χ3v) is 13.9. The van der Waals surface area contributed by atoms with Crippen molar-refractivity contribution in [2.45, 2.75) is 84.0 Å². The molecule has 0 saturated carbocycles. The molecule has 68 heavy (non-hydrogen) atoms. The summed E-state index contributed by atoms with van der Waals surface area (Å²) in [5, 5.41) is 17.9. The Kier molecular flexibility index (Phi) is 11.7. The highest BCUT2D eigenvalue weighted by Crippen LogP contribution is 2.35. The molecule has 3 fully saturated rings. The highest BCUT2D eigenvalue weighted by molar-refractivity contribution is 6.23. The van der Waals surface area contributed by atoms with Crippen LogP contribution in [0.25, 0.3) is 33.3 Å². The predicted octanol–water partition coefficient (Wildman–Crippen LogP) is 6.14. The lowest BCUT2D eigenvalue weighted by Crippen LogP contribution is -2.54. The van der Waals surface area contributed by atoms with Gasteiger partial charge in [-0.2, -0.15) is 10.1 Å². The minimum atomic E-state index is -1.14. The van der Waals surface area contributed by atoms with Crippen LogP contribution in [0.1, 0.15) is 100 Å². The number of carbonyl (C=O) groups excluding carboxylic acids is 5. The Hall–Kier alpha value is -7.11. The van der Waals surface area contributed by atoms with E-state index in [9.17, 15) is 24.0 Å². The molecule has 6 aromatic rings. The molecule has 16 nitrogen and oxygen atoms in total. The predicted molar refractivity (Wildman–Crippen MR) is 251 cm³/mol. The third kappa shape index (κ3) is 8.55. The molecule has 350 valence electrons. The number of piperazine rings is 1. The molecule has 0 radical (unpaired) electrons. The van der Waals surface area contributed by atoms with E-state index in [1.807, 2.05) is 39.8 Å². The number of nitrogens with zero attached hydrogens (tertiary/aromatic N) is 7. The minimum Gasteiger partial charge on any atom is -0.371 e. The van der Waals surface area contributed by atoms with Crippen LogP contribution in [-0.4, -0.2) is 116 Å². The number of halogens is 1. The number of rotatable bonds is 10. The number of nitrogens with one attached hydrogen (secondary N) is 3. The number of aryl methyl sites for hydroxylation is 1. The molecule has 3 N–H and O–H groups in total. The Morgan fingerprint density at radius 2 is 1.56 bits per heavy atom. The van der Waals surface area contributed by atoms with Crippen LogP contribution in [0.15, 0.2) is 77.3 Å². The fourth-order valence-electron chi connectivity index (χ4n) is 9.89. The minimum absolute atomic E-state index is 0.00165. The quantitative estimate of drug-likeness (QED) is 0.133. The molecule has 0 bridgehead atoms. The number of benzene rings is 4. The van der Waals surface area contributed by atoms with Gasteiger partial charge in [-0.3, -0.25) is 49.1 Å². The lowest BCUT2D eigenvalue weighted by Gasteiger charge is -2.43. The second-order valence-electron chi connectivity index (χ2n) is 19.3. The standard InChI is InChI=1S/C51H53FN10O6/c1-29-25-32(5-6-33(29)27-53-46(65)47-55-50(58-68-47)51(2,3)4)44-38-26-31(10-14-39(38)56-57-44)30-7-11-35(12-8-30)60-19-17-36(18-20-60)61-23-21-59(22-24-61)28-34-9-13-37-42(43(34)52)49(67)62(48(37)66)40-15-16-41(63)54-45(40)64/h5-14,25-26,36,40H,15-24,27-28H2,1-4H3,(H,53,65)(H,56,57)(H,54,63,64). The van der Waals surface area contributed by atoms with E-state index in [0.29, 0.717) is 30.5 Å². The van der Waals surface area contributed by atoms with Crippen molar-refractivity contribution in [3.63, 3.8) is 0 Å². The summed E-state index contributed by atoms with van der Waals surface area (Å²) >= 11 is 0. The second kappa shape index (κ2) is 17.8. The first kappa shape index (κ1) is 44.7. The van der Waals surface area contributed by atoms with Crippen LogP contribution in [0, 0.1) is 12.7 Å². The molecule has 6 heterocycles. The van der Waals surface area contributed by atoms with Gasteiger partial charge >= 0.3 is 11.8 Å². The summed E-state index contributed by atoms with van der Waals surface area (Å²) in [5.74, 6) is -3.43. The van der Waals surface area contributed by atoms with Crippen LogP contribution in [0.5, 0.6) is 0 Å². The normalized spacial score (nSPS) is 18.7. The van der Waals surface area contributed by atoms with Crippen molar-refractivity contribution < 1.29 is 32.9 Å². The zero-order valence-electron chi connectivity index (χ0n) is 38.5. The number of hydrogen-bond donors (Lipinski definition) is 3. The van der Waals surface area contributed by atoms with Crippen LogP contribution < -0.4 is 15.5 Å². The molecule has 17 heteroatoms. The Bertz CT molecular complexity index is 2980. The van der Waals surface area contributed by atoms with Gasteiger partial charge in [-0.05, 0) is 84.8 Å². The number of piperidine rings is 2. The first-order valence-electron chi connectivity index (χ1n) is 23.3. The number of imide groups is 2. The molecule has 0 spiro atoms. The Balaban J connectivity index is 0.716. The van der Waals surface area contributed by atoms with E-state index in [-0.39, 0.29) is 35.3 Å². The average Bonchev–Trinajstić information content (AvgIpc) is 4.07. The van der Waals surface area contributed by atoms with Crippen LogP contribution >= 0.6 is 0 Å². The maximum atomic E-state index is 15.9. The summed E-state index contributed by atoms with van der Waals surface area (Å²) in [6.45, 7) is 13.6. The third-order valence-electron chi connectivity index (χ3n) is 13.9. The van der Waals surface area contributed by atoms with Crippen molar-refractivity contribution in [1.82, 2.24) is 45.7 Å². The van der Waals surface area contributed by atoms with Crippen LogP contribution in [0.2, 0.25) is 0 Å². The highest BCUT2D eigenvalue weighted by atomic mass is 19.1. The molecule has 5 amide bonds. The van der Waals surface area contributed by atoms with Gasteiger partial charge in [0.1, 0.15) is 11.9 Å². The van der Waals surface area contributed by atoms with Gasteiger partial charge in [-0.25, -0.2) is 4.39 Å². The summed E-state index contributed by atoms with van der Waals surface area (Å²) in [7, 11) is 0. The maximum absolute atomic E-state index is 15.9. The Morgan fingerprint density at radius 1 is 0.838 bits per heavy atom. The van der Waals surface area contributed by atoms with Crippen LogP contribution in [0.3, 0.4) is 0 Å². The van der Waals surface area contributed by atoms with Crippen molar-refractivity contribution >= 4 is 46.1 Å². The fourth-order valence-corrected chi connectivity index (χ4v) is 9.89. The first-order chi connectivity index (χ1) is 32.7. The molecule has 0 aliphatic carbocycles. The summed E-state index contributed by atoms with van der Waals surface area (Å²) in [5.41, 5.74) is 7.82. The lowest BCUT2D eigenvalue weighted by atomic mass is 9.96. The van der Waals surface area contributed by atoms with E-state index < -0.39 is 41.4 Å². The van der Waals surface area contributed by atoms with Gasteiger partial charge < -0.3 is 14.7 Å². The molecule has 1 atom stereocenters. The van der Waals surface area contributed by atoms with Gasteiger partial charge in [0.05, 0.1) is 22.3 Å². The molecule has 2 aromatic heterocycles. The summed E-state index contributed by atoms with van der Waals surface area (Å²) in [6.07, 6.45) is 2.09. The van der Waals surface area contributed by atoms with E-state index >= 15 is 4.39 Å². The fraction of sp³-hybridized carbons (Fsp3) is 0.373. The SMILES string of the molecule is Cc1cc(-c2n[nH]c3ccc(-c4ccc(N5CCC(N6CCN(Cc7ccc8c(c7F)C(=O)N(C7CCC(=O)NC7=O)C8=O)CC6)CC5)cc4)cc23)ccc1CNC(=O)c1nc(C(C)(C)C)no1. The molecule has 1 unspecified atom stereocenters. The monoisotopic (exact) mass is 920 g/mol. The van der Waals surface area contributed by atoms with Gasteiger partial charge in [0.25, 0.3) is 11.8 Å². The summed E-state index contributed by atoms with van der Waals surface area (Å²) in [6, 6.07) is 23.6. The largest absolute Gasteiger partial charge is 0.371 e. The number of carbonyl (C=O) groups is 5. The maximum Gasteiger partial charge on any atom is 0.315 e. The zero-order chi connectivity index (χ0) is 47.4. The Labute approximate surface area is 392 Å². The Morgan fingerprint density at radius 3 is 2.26 bits per heavy atom. The van der Waals surface area contributed by atoms with Gasteiger partial charge in [0, 0.05) is 92.4 Å². The van der Waals surface area contributed by atoms with E-state index in [1.54, 1.807) is 6.07 Å². The van der Waals surface area contributed by atoms with Crippen LogP contribution in [0.4, 0.5) is 10.1 Å². The van der Waals surface area contributed by atoms with Crippen molar-refractivity contribution in [2.24, 2.45) is 0 Å². The number of fused-ring (bicyclic) bond motifs is 2. The second-order valence-corrected chi connectivity index (χ2v) is 19.3. The lowest BCUT2D eigenvalue weighted by molar-refractivity contribution is -0.136. The molecule has 4 aliphatic heterocycles. The number of amides is 5. The van der Waals surface area contributed by atoms with Crippen molar-refractivity contribution in [2.75, 3.05) is 44.2 Å². The summed E-state index contributed by atoms with van der Waals surface area (Å²) in [4.78, 5) is 75.5. The number of aromatic amines is 1. The number of H-pyrrole nitrogens is 1. The average molecular weight is 921 g/mol.